The predicted octanol–water partition coefficient (Wildman–Crippen LogP) is 1.74. The Bertz CT molecular complexity index is 337. The number of rotatable bonds is 5. The van der Waals surface area contributed by atoms with Crippen LogP contribution in [0.1, 0.15) is 31.1 Å². The fourth-order valence-corrected chi connectivity index (χ4v) is 1.76. The van der Waals surface area contributed by atoms with Gasteiger partial charge in [-0.15, -0.1) is 0 Å². The Morgan fingerprint density at radius 2 is 2.31 bits per heavy atom. The van der Waals surface area contributed by atoms with Gasteiger partial charge >= 0.3 is 0 Å². The molecule has 4 heteroatoms. The van der Waals surface area contributed by atoms with E-state index in [1.807, 2.05) is 0 Å². The number of nitrogens with zero attached hydrogens (tertiary/aromatic N) is 2. The molecule has 0 aromatic carbocycles. The van der Waals surface area contributed by atoms with Crippen LogP contribution in [0.5, 0.6) is 0 Å². The molecule has 0 radical (unpaired) electrons. The van der Waals surface area contributed by atoms with E-state index < -0.39 is 6.10 Å². The van der Waals surface area contributed by atoms with Gasteiger partial charge in [0.2, 0.25) is 0 Å². The fraction of sp³-hybridized carbons (Fsp3) is 0.583. The minimum absolute atomic E-state index is 0.369. The molecule has 3 nitrogen and oxygen atoms in total. The standard InChI is InChI=1S/C12H17FN2O/c1-15(10-3-4-10)7-6-12(16)11-5-2-9(13)8-14-11/h2,5,8,10,12,16H,3-4,6-7H2,1H3. The van der Waals surface area contributed by atoms with Gasteiger partial charge in [0.25, 0.3) is 0 Å². The first kappa shape index (κ1) is 11.5. The van der Waals surface area contributed by atoms with E-state index in [1.165, 1.54) is 25.0 Å². The van der Waals surface area contributed by atoms with Crippen molar-refractivity contribution in [3.63, 3.8) is 0 Å². The maximum absolute atomic E-state index is 12.6. The van der Waals surface area contributed by atoms with Gasteiger partial charge in [-0.25, -0.2) is 4.39 Å². The Morgan fingerprint density at radius 1 is 1.56 bits per heavy atom. The molecular weight excluding hydrogens is 207 g/mol. The first-order chi connectivity index (χ1) is 7.66. The first-order valence-corrected chi connectivity index (χ1v) is 5.66. The number of aromatic nitrogens is 1. The number of hydrogen-bond acceptors (Lipinski definition) is 3. The van der Waals surface area contributed by atoms with Crippen LogP contribution >= 0.6 is 0 Å². The van der Waals surface area contributed by atoms with Crippen molar-refractivity contribution in [2.45, 2.75) is 31.4 Å². The summed E-state index contributed by atoms with van der Waals surface area (Å²) in [6.45, 7) is 0.852. The molecule has 1 fully saturated rings. The zero-order valence-electron chi connectivity index (χ0n) is 9.43. The number of aliphatic hydroxyl groups excluding tert-OH is 1. The van der Waals surface area contributed by atoms with Crippen LogP contribution in [0.4, 0.5) is 4.39 Å². The summed E-state index contributed by atoms with van der Waals surface area (Å²) in [6, 6.07) is 3.57. The van der Waals surface area contributed by atoms with Gasteiger partial charge in [-0.05, 0) is 38.4 Å². The Kier molecular flexibility index (Phi) is 3.51. The highest BCUT2D eigenvalue weighted by Crippen LogP contribution is 2.26. The van der Waals surface area contributed by atoms with Crippen molar-refractivity contribution in [1.82, 2.24) is 9.88 Å². The maximum atomic E-state index is 12.6. The average Bonchev–Trinajstić information content (AvgIpc) is 3.10. The number of halogens is 1. The van der Waals surface area contributed by atoms with E-state index in [1.54, 1.807) is 0 Å². The molecule has 0 spiro atoms. The summed E-state index contributed by atoms with van der Waals surface area (Å²) in [5, 5.41) is 9.85. The minimum Gasteiger partial charge on any atom is -0.387 e. The molecule has 16 heavy (non-hydrogen) atoms. The molecule has 0 aliphatic heterocycles. The summed E-state index contributed by atoms with van der Waals surface area (Å²) in [6.07, 6.45) is 3.72. The maximum Gasteiger partial charge on any atom is 0.141 e. The van der Waals surface area contributed by atoms with Crippen molar-refractivity contribution in [2.24, 2.45) is 0 Å². The van der Waals surface area contributed by atoms with Crippen LogP contribution in [0.25, 0.3) is 0 Å². The van der Waals surface area contributed by atoms with E-state index in [-0.39, 0.29) is 5.82 Å². The van der Waals surface area contributed by atoms with E-state index in [4.69, 9.17) is 0 Å². The normalized spacial score (nSPS) is 17.8. The number of aliphatic hydroxyl groups is 1. The van der Waals surface area contributed by atoms with E-state index in [2.05, 4.69) is 16.9 Å². The molecule has 88 valence electrons. The van der Waals surface area contributed by atoms with Gasteiger partial charge in [0.15, 0.2) is 0 Å². The molecule has 1 heterocycles. The Hall–Kier alpha value is -1.00. The van der Waals surface area contributed by atoms with E-state index >= 15 is 0 Å². The Balaban J connectivity index is 1.82. The van der Waals surface area contributed by atoms with Gasteiger partial charge in [0, 0.05) is 12.6 Å². The van der Waals surface area contributed by atoms with Crippen molar-refractivity contribution in [3.05, 3.63) is 29.8 Å². The van der Waals surface area contributed by atoms with Crippen molar-refractivity contribution in [1.29, 1.82) is 0 Å². The lowest BCUT2D eigenvalue weighted by Crippen LogP contribution is -2.23. The monoisotopic (exact) mass is 224 g/mol. The SMILES string of the molecule is CN(CCC(O)c1ccc(F)cn1)C1CC1. The fourth-order valence-electron chi connectivity index (χ4n) is 1.76. The number of hydrogen-bond donors (Lipinski definition) is 1. The van der Waals surface area contributed by atoms with E-state index in [0.717, 1.165) is 12.7 Å². The number of pyridine rings is 1. The molecule has 1 aromatic heterocycles. The highest BCUT2D eigenvalue weighted by molar-refractivity contribution is 5.08. The smallest absolute Gasteiger partial charge is 0.141 e. The van der Waals surface area contributed by atoms with Gasteiger partial charge in [-0.2, -0.15) is 0 Å². The Labute approximate surface area is 94.9 Å². The van der Waals surface area contributed by atoms with Crippen LogP contribution in [-0.4, -0.2) is 34.6 Å². The minimum atomic E-state index is -0.596. The van der Waals surface area contributed by atoms with Crippen LogP contribution in [0.3, 0.4) is 0 Å². The van der Waals surface area contributed by atoms with Crippen LogP contribution in [0.15, 0.2) is 18.3 Å². The Morgan fingerprint density at radius 3 is 2.88 bits per heavy atom. The van der Waals surface area contributed by atoms with E-state index in [9.17, 15) is 9.50 Å². The third kappa shape index (κ3) is 3.00. The molecular formula is C12H17FN2O. The zero-order chi connectivity index (χ0) is 11.5. The summed E-state index contributed by atoms with van der Waals surface area (Å²) in [5.74, 6) is -0.369. The van der Waals surface area contributed by atoms with Crippen molar-refractivity contribution >= 4 is 0 Å². The second kappa shape index (κ2) is 4.89. The zero-order valence-corrected chi connectivity index (χ0v) is 9.43. The van der Waals surface area contributed by atoms with Gasteiger partial charge in [-0.1, -0.05) is 0 Å². The van der Waals surface area contributed by atoms with Crippen molar-refractivity contribution < 1.29 is 9.50 Å². The first-order valence-electron chi connectivity index (χ1n) is 5.66. The molecule has 1 atom stereocenters. The van der Waals surface area contributed by atoms with E-state index in [0.29, 0.717) is 18.2 Å². The molecule has 0 bridgehead atoms. The van der Waals surface area contributed by atoms with Gasteiger partial charge in [0.1, 0.15) is 5.82 Å². The third-order valence-corrected chi connectivity index (χ3v) is 3.02. The summed E-state index contributed by atoms with van der Waals surface area (Å²) >= 11 is 0. The van der Waals surface area contributed by atoms with Gasteiger partial charge in [-0.3, -0.25) is 4.98 Å². The lowest BCUT2D eigenvalue weighted by Gasteiger charge is -2.17. The molecule has 2 rings (SSSR count). The second-order valence-electron chi connectivity index (χ2n) is 4.42. The molecule has 1 aliphatic rings. The quantitative estimate of drug-likeness (QED) is 0.827. The second-order valence-corrected chi connectivity index (χ2v) is 4.42. The topological polar surface area (TPSA) is 36.4 Å². The van der Waals surface area contributed by atoms with Crippen LogP contribution < -0.4 is 0 Å². The summed E-state index contributed by atoms with van der Waals surface area (Å²) in [7, 11) is 2.07. The lowest BCUT2D eigenvalue weighted by molar-refractivity contribution is 0.143. The highest BCUT2D eigenvalue weighted by atomic mass is 19.1. The third-order valence-electron chi connectivity index (χ3n) is 3.02. The summed E-state index contributed by atoms with van der Waals surface area (Å²) < 4.78 is 12.6. The van der Waals surface area contributed by atoms with Crippen LogP contribution in [0.2, 0.25) is 0 Å². The lowest BCUT2D eigenvalue weighted by atomic mass is 10.1. The molecule has 0 saturated heterocycles. The molecule has 1 aromatic rings. The molecule has 0 amide bonds. The molecule has 1 saturated carbocycles. The highest BCUT2D eigenvalue weighted by Gasteiger charge is 2.26. The molecule has 1 N–H and O–H groups in total. The van der Waals surface area contributed by atoms with Gasteiger partial charge < -0.3 is 10.0 Å². The molecule has 1 unspecified atom stereocenters. The molecule has 1 aliphatic carbocycles. The van der Waals surface area contributed by atoms with Crippen LogP contribution in [-0.2, 0) is 0 Å². The summed E-state index contributed by atoms with van der Waals surface area (Å²) in [5.41, 5.74) is 0.547. The van der Waals surface area contributed by atoms with Crippen molar-refractivity contribution in [2.75, 3.05) is 13.6 Å². The van der Waals surface area contributed by atoms with Gasteiger partial charge in [0.05, 0.1) is 18.0 Å². The average molecular weight is 224 g/mol. The van der Waals surface area contributed by atoms with Crippen molar-refractivity contribution in [3.8, 4) is 0 Å². The predicted molar refractivity (Wildman–Crippen MR) is 59.4 cm³/mol. The largest absolute Gasteiger partial charge is 0.387 e. The van der Waals surface area contributed by atoms with Crippen LogP contribution in [0, 0.1) is 5.82 Å². The summed E-state index contributed by atoms with van der Waals surface area (Å²) in [4.78, 5) is 6.13.